The van der Waals surface area contributed by atoms with Crippen LogP contribution in [-0.4, -0.2) is 63.5 Å². The summed E-state index contributed by atoms with van der Waals surface area (Å²) in [4.78, 5) is 6.87. The van der Waals surface area contributed by atoms with Gasteiger partial charge in [0.1, 0.15) is 0 Å². The van der Waals surface area contributed by atoms with Crippen LogP contribution in [0.5, 0.6) is 0 Å². The van der Waals surface area contributed by atoms with E-state index in [2.05, 4.69) is 22.3 Å². The molecule has 0 aromatic rings. The number of hydrogen-bond donors (Lipinski definition) is 1. The topological polar surface area (TPSA) is 46.1 Å². The molecule has 1 spiro atoms. The number of hydrogen-bond acceptors (Lipinski definition) is 3. The van der Waals surface area contributed by atoms with Gasteiger partial charge in [0, 0.05) is 57.1 Å². The van der Waals surface area contributed by atoms with Gasteiger partial charge in [-0.15, -0.1) is 0 Å². The summed E-state index contributed by atoms with van der Waals surface area (Å²) in [7, 11) is 4.07. The lowest BCUT2D eigenvalue weighted by Crippen LogP contribution is -2.69. The quantitative estimate of drug-likeness (QED) is 0.637. The maximum atomic E-state index is 6.09. The molecule has 0 amide bonds. The van der Waals surface area contributed by atoms with Crippen LogP contribution in [0.25, 0.3) is 0 Å². The largest absolute Gasteiger partial charge is 0.381 e. The van der Waals surface area contributed by atoms with Crippen molar-refractivity contribution in [2.45, 2.75) is 50.7 Å². The smallest absolute Gasteiger partial charge is 0.193 e. The minimum Gasteiger partial charge on any atom is -0.381 e. The molecule has 1 N–H and O–H groups in total. The molecule has 5 nitrogen and oxygen atoms in total. The van der Waals surface area contributed by atoms with Crippen LogP contribution < -0.4 is 5.32 Å². The number of ether oxygens (including phenoxy) is 2. The van der Waals surface area contributed by atoms with Crippen LogP contribution in [0.3, 0.4) is 0 Å². The molecule has 2 saturated heterocycles. The third-order valence-corrected chi connectivity index (χ3v) is 6.70. The Kier molecular flexibility index (Phi) is 4.26. The zero-order valence-corrected chi connectivity index (χ0v) is 14.6. The van der Waals surface area contributed by atoms with Crippen LogP contribution in [-0.2, 0) is 9.47 Å². The van der Waals surface area contributed by atoms with Gasteiger partial charge in [0.25, 0.3) is 0 Å². The van der Waals surface area contributed by atoms with E-state index < -0.39 is 0 Å². The van der Waals surface area contributed by atoms with E-state index in [-0.39, 0.29) is 0 Å². The molecular weight excluding hydrogens is 290 g/mol. The van der Waals surface area contributed by atoms with Crippen LogP contribution in [0.4, 0.5) is 0 Å². The summed E-state index contributed by atoms with van der Waals surface area (Å²) >= 11 is 0. The number of aliphatic imine (C=N–C) groups is 1. The van der Waals surface area contributed by atoms with Crippen molar-refractivity contribution in [2.24, 2.45) is 22.2 Å². The third kappa shape index (κ3) is 2.56. The van der Waals surface area contributed by atoms with E-state index in [9.17, 15) is 0 Å². The fourth-order valence-electron chi connectivity index (χ4n) is 5.59. The predicted molar refractivity (Wildman–Crippen MR) is 90.6 cm³/mol. The number of fused-ring (bicyclic) bond motifs is 2. The SMILES string of the molecule is CN=C(NC1C2CCOC2C12CCCC2)N(C)CC1CCOC1. The molecule has 2 aliphatic carbocycles. The Morgan fingerprint density at radius 1 is 1.26 bits per heavy atom. The van der Waals surface area contributed by atoms with Gasteiger partial charge in [0.2, 0.25) is 0 Å². The first kappa shape index (κ1) is 15.7. The van der Waals surface area contributed by atoms with E-state index >= 15 is 0 Å². The molecular formula is C18H31N3O2. The van der Waals surface area contributed by atoms with Gasteiger partial charge < -0.3 is 19.7 Å². The lowest BCUT2D eigenvalue weighted by Gasteiger charge is -2.57. The second kappa shape index (κ2) is 6.25. The summed E-state index contributed by atoms with van der Waals surface area (Å²) in [6.45, 7) is 3.79. The first-order valence-electron chi connectivity index (χ1n) is 9.38. The molecule has 4 unspecified atom stereocenters. The van der Waals surface area contributed by atoms with E-state index in [4.69, 9.17) is 9.47 Å². The maximum absolute atomic E-state index is 6.09. The van der Waals surface area contributed by atoms with E-state index in [1.54, 1.807) is 0 Å². The van der Waals surface area contributed by atoms with Crippen molar-refractivity contribution in [1.82, 2.24) is 10.2 Å². The van der Waals surface area contributed by atoms with Crippen LogP contribution in [0.2, 0.25) is 0 Å². The van der Waals surface area contributed by atoms with Crippen LogP contribution in [0.1, 0.15) is 38.5 Å². The highest BCUT2D eigenvalue weighted by atomic mass is 16.5. The molecule has 2 aliphatic heterocycles. The molecule has 2 saturated carbocycles. The van der Waals surface area contributed by atoms with Gasteiger partial charge >= 0.3 is 0 Å². The van der Waals surface area contributed by atoms with E-state index in [0.29, 0.717) is 29.4 Å². The lowest BCUT2D eigenvalue weighted by molar-refractivity contribution is -0.125. The van der Waals surface area contributed by atoms with Gasteiger partial charge in [-0.1, -0.05) is 12.8 Å². The van der Waals surface area contributed by atoms with Crippen LogP contribution in [0, 0.1) is 17.3 Å². The van der Waals surface area contributed by atoms with Crippen molar-refractivity contribution < 1.29 is 9.47 Å². The number of rotatable bonds is 3. The fourth-order valence-corrected chi connectivity index (χ4v) is 5.59. The van der Waals surface area contributed by atoms with Crippen LogP contribution >= 0.6 is 0 Å². The molecule has 130 valence electrons. The number of guanidine groups is 1. The second-order valence-electron chi connectivity index (χ2n) is 7.96. The zero-order valence-electron chi connectivity index (χ0n) is 14.6. The highest BCUT2D eigenvalue weighted by molar-refractivity contribution is 5.80. The normalized spacial score (nSPS) is 38.6. The molecule has 4 fully saturated rings. The van der Waals surface area contributed by atoms with E-state index in [1.807, 2.05) is 7.05 Å². The monoisotopic (exact) mass is 321 g/mol. The minimum absolute atomic E-state index is 0.383. The van der Waals surface area contributed by atoms with Crippen molar-refractivity contribution in [3.05, 3.63) is 0 Å². The van der Waals surface area contributed by atoms with Crippen molar-refractivity contribution in [3.8, 4) is 0 Å². The Hall–Kier alpha value is -0.810. The molecule has 4 atom stereocenters. The second-order valence-corrected chi connectivity index (χ2v) is 7.96. The van der Waals surface area contributed by atoms with Crippen molar-refractivity contribution >= 4 is 5.96 Å². The first-order chi connectivity index (χ1) is 11.2. The molecule has 0 bridgehead atoms. The molecule has 4 rings (SSSR count). The maximum Gasteiger partial charge on any atom is 0.193 e. The molecule has 0 radical (unpaired) electrons. The van der Waals surface area contributed by atoms with Gasteiger partial charge in [-0.05, 0) is 25.7 Å². The number of nitrogens with zero attached hydrogens (tertiary/aromatic N) is 2. The van der Waals surface area contributed by atoms with E-state index in [0.717, 1.165) is 32.3 Å². The van der Waals surface area contributed by atoms with Crippen LogP contribution in [0.15, 0.2) is 4.99 Å². The van der Waals surface area contributed by atoms with Gasteiger partial charge in [-0.25, -0.2) is 0 Å². The zero-order chi connectivity index (χ0) is 15.9. The molecule has 23 heavy (non-hydrogen) atoms. The van der Waals surface area contributed by atoms with Gasteiger partial charge in [0.05, 0.1) is 12.7 Å². The van der Waals surface area contributed by atoms with Gasteiger partial charge in [-0.2, -0.15) is 0 Å². The van der Waals surface area contributed by atoms with Gasteiger partial charge in [0.15, 0.2) is 5.96 Å². The average Bonchev–Trinajstić information content (AvgIpc) is 3.28. The van der Waals surface area contributed by atoms with Crippen molar-refractivity contribution in [1.29, 1.82) is 0 Å². The Morgan fingerprint density at radius 3 is 2.78 bits per heavy atom. The molecule has 0 aromatic heterocycles. The highest BCUT2D eigenvalue weighted by Gasteiger charge is 2.65. The lowest BCUT2D eigenvalue weighted by atomic mass is 9.54. The summed E-state index contributed by atoms with van der Waals surface area (Å²) in [5, 5.41) is 3.84. The Labute approximate surface area is 139 Å². The summed E-state index contributed by atoms with van der Waals surface area (Å²) in [5.41, 5.74) is 0.383. The average molecular weight is 321 g/mol. The summed E-state index contributed by atoms with van der Waals surface area (Å²) < 4.78 is 11.6. The van der Waals surface area contributed by atoms with Crippen molar-refractivity contribution in [2.75, 3.05) is 40.5 Å². The summed E-state index contributed by atoms with van der Waals surface area (Å²) in [5.74, 6) is 2.38. The standard InChI is InChI=1S/C18H31N3O2/c1-19-17(21(2)11-13-5-9-22-12-13)20-15-14-6-10-23-16(14)18(15)7-3-4-8-18/h13-16H,3-12H2,1-2H3,(H,19,20). The predicted octanol–water partition coefficient (Wildman–Crippen LogP) is 1.88. The van der Waals surface area contributed by atoms with Gasteiger partial charge in [-0.3, -0.25) is 4.99 Å². The first-order valence-corrected chi connectivity index (χ1v) is 9.38. The summed E-state index contributed by atoms with van der Waals surface area (Å²) in [6, 6.07) is 0.554. The Morgan fingerprint density at radius 2 is 2.09 bits per heavy atom. The number of nitrogens with one attached hydrogen (secondary N) is 1. The fraction of sp³-hybridized carbons (Fsp3) is 0.944. The van der Waals surface area contributed by atoms with Crippen molar-refractivity contribution in [3.63, 3.8) is 0 Å². The molecule has 0 aromatic carbocycles. The third-order valence-electron chi connectivity index (χ3n) is 6.70. The van der Waals surface area contributed by atoms with E-state index in [1.165, 1.54) is 38.5 Å². The molecule has 4 aliphatic rings. The molecule has 2 heterocycles. The Balaban J connectivity index is 1.42. The molecule has 5 heteroatoms. The Bertz CT molecular complexity index is 455. The highest BCUT2D eigenvalue weighted by Crippen LogP contribution is 2.60. The minimum atomic E-state index is 0.383. The summed E-state index contributed by atoms with van der Waals surface area (Å²) in [6.07, 6.45) is 8.26.